The first-order chi connectivity index (χ1) is 13.4. The zero-order valence-corrected chi connectivity index (χ0v) is 15.6. The van der Waals surface area contributed by atoms with Gasteiger partial charge in [-0.3, -0.25) is 20.3 Å². The molecular formula is C19H18N4O4S. The largest absolute Gasteiger partial charge is 0.295 e. The fourth-order valence-electron chi connectivity index (χ4n) is 3.44. The van der Waals surface area contributed by atoms with Gasteiger partial charge in [0.25, 0.3) is 15.7 Å². The number of fused-ring (bicyclic) bond motifs is 1. The number of sulfonamides is 1. The molecule has 0 bridgehead atoms. The number of hydrazone groups is 1. The molecule has 1 saturated carbocycles. The van der Waals surface area contributed by atoms with Crippen molar-refractivity contribution in [2.24, 2.45) is 16.9 Å². The molecule has 0 amide bonds. The van der Waals surface area contributed by atoms with E-state index in [1.165, 1.54) is 12.1 Å². The van der Waals surface area contributed by atoms with Gasteiger partial charge in [0.05, 0.1) is 9.82 Å². The van der Waals surface area contributed by atoms with Crippen LogP contribution in [0.2, 0.25) is 0 Å². The quantitative estimate of drug-likeness (QED) is 0.437. The van der Waals surface area contributed by atoms with E-state index in [0.717, 1.165) is 24.6 Å². The summed E-state index contributed by atoms with van der Waals surface area (Å²) in [5.74, 6) is 0.897. The molecule has 2 atom stereocenters. The third-order valence-corrected chi connectivity index (χ3v) is 6.35. The van der Waals surface area contributed by atoms with Crippen molar-refractivity contribution >= 4 is 32.8 Å². The van der Waals surface area contributed by atoms with Gasteiger partial charge < -0.3 is 0 Å². The van der Waals surface area contributed by atoms with Gasteiger partial charge in [-0.25, -0.2) is 8.42 Å². The van der Waals surface area contributed by atoms with Gasteiger partial charge in [0, 0.05) is 23.4 Å². The fourth-order valence-corrected chi connectivity index (χ4v) is 4.52. The second-order valence-electron chi connectivity index (χ2n) is 6.78. The summed E-state index contributed by atoms with van der Waals surface area (Å²) in [6.45, 7) is 0. The van der Waals surface area contributed by atoms with E-state index < -0.39 is 14.9 Å². The fraction of sp³-hybridized carbons (Fsp3) is 0.211. The lowest BCUT2D eigenvalue weighted by atomic mass is 9.74. The zero-order chi connectivity index (χ0) is 19.7. The molecule has 2 unspecified atom stereocenters. The first-order valence-electron chi connectivity index (χ1n) is 8.79. The van der Waals surface area contributed by atoms with Crippen molar-refractivity contribution in [3.8, 4) is 0 Å². The number of nitro groups is 1. The highest BCUT2D eigenvalue weighted by Gasteiger charge is 2.38. The van der Waals surface area contributed by atoms with E-state index >= 15 is 0 Å². The predicted molar refractivity (Wildman–Crippen MR) is 107 cm³/mol. The lowest BCUT2D eigenvalue weighted by Gasteiger charge is -2.31. The molecule has 0 aromatic heterocycles. The van der Waals surface area contributed by atoms with Crippen molar-refractivity contribution in [1.82, 2.24) is 0 Å². The molecule has 28 heavy (non-hydrogen) atoms. The molecular weight excluding hydrogens is 380 g/mol. The summed E-state index contributed by atoms with van der Waals surface area (Å²) in [6.07, 6.45) is 6.14. The van der Waals surface area contributed by atoms with Crippen LogP contribution in [0, 0.1) is 22.0 Å². The van der Waals surface area contributed by atoms with Crippen molar-refractivity contribution in [3.63, 3.8) is 0 Å². The maximum absolute atomic E-state index is 12.5. The molecule has 1 fully saturated rings. The number of allylic oxidation sites excluding steroid dienone is 2. The SMILES string of the molecule is O=[N+]([O-])c1cc(S(=O)(=O)Nc2ccccc2)ccc1NN=C1CC2CC=CC12. The topological polar surface area (TPSA) is 114 Å². The summed E-state index contributed by atoms with van der Waals surface area (Å²) in [5.41, 5.74) is 3.87. The molecule has 0 spiro atoms. The van der Waals surface area contributed by atoms with Crippen LogP contribution in [0.4, 0.5) is 17.1 Å². The summed E-state index contributed by atoms with van der Waals surface area (Å²) < 4.78 is 27.5. The number of hydrogen-bond donors (Lipinski definition) is 2. The summed E-state index contributed by atoms with van der Waals surface area (Å²) in [4.78, 5) is 10.6. The maximum Gasteiger partial charge on any atom is 0.295 e. The van der Waals surface area contributed by atoms with Gasteiger partial charge in [0.1, 0.15) is 5.69 Å². The Labute approximate surface area is 162 Å². The smallest absolute Gasteiger partial charge is 0.280 e. The first-order valence-corrected chi connectivity index (χ1v) is 10.3. The molecule has 2 aliphatic rings. The van der Waals surface area contributed by atoms with E-state index in [1.54, 1.807) is 30.3 Å². The second-order valence-corrected chi connectivity index (χ2v) is 8.46. The van der Waals surface area contributed by atoms with Gasteiger partial charge in [0.2, 0.25) is 0 Å². The van der Waals surface area contributed by atoms with Gasteiger partial charge in [-0.15, -0.1) is 0 Å². The number of benzene rings is 2. The Morgan fingerprint density at radius 2 is 1.93 bits per heavy atom. The summed E-state index contributed by atoms with van der Waals surface area (Å²) in [5, 5.41) is 15.8. The van der Waals surface area contributed by atoms with Crippen LogP contribution in [0.15, 0.2) is 70.7 Å². The molecule has 0 saturated heterocycles. The van der Waals surface area contributed by atoms with Crippen LogP contribution in [0.1, 0.15) is 12.8 Å². The standard InChI is InChI=1S/C19H18N4O4S/c24-23(25)19-12-15(28(26,27)22-14-6-2-1-3-7-14)9-10-17(19)20-21-18-11-13-5-4-8-16(13)18/h1-4,6-10,12-13,16,20,22H,5,11H2. The number of nitrogens with one attached hydrogen (secondary N) is 2. The zero-order valence-electron chi connectivity index (χ0n) is 14.8. The van der Waals surface area contributed by atoms with Crippen LogP contribution in [-0.2, 0) is 10.0 Å². The number of anilines is 2. The number of rotatable bonds is 6. The van der Waals surface area contributed by atoms with Gasteiger partial charge in [-0.05, 0) is 43.0 Å². The molecule has 2 aromatic carbocycles. The molecule has 4 rings (SSSR count). The van der Waals surface area contributed by atoms with E-state index in [4.69, 9.17) is 0 Å². The molecule has 2 N–H and O–H groups in total. The minimum absolute atomic E-state index is 0.154. The highest BCUT2D eigenvalue weighted by Crippen LogP contribution is 2.40. The van der Waals surface area contributed by atoms with E-state index in [9.17, 15) is 18.5 Å². The van der Waals surface area contributed by atoms with Crippen molar-refractivity contribution in [3.05, 3.63) is 70.8 Å². The molecule has 144 valence electrons. The van der Waals surface area contributed by atoms with Gasteiger partial charge in [-0.2, -0.15) is 5.10 Å². The van der Waals surface area contributed by atoms with Crippen LogP contribution in [-0.4, -0.2) is 19.1 Å². The lowest BCUT2D eigenvalue weighted by Crippen LogP contribution is -2.33. The number of para-hydroxylation sites is 1. The molecule has 0 heterocycles. The minimum Gasteiger partial charge on any atom is -0.280 e. The van der Waals surface area contributed by atoms with Crippen LogP contribution >= 0.6 is 0 Å². The first kappa shape index (κ1) is 18.2. The Balaban J connectivity index is 1.57. The van der Waals surface area contributed by atoms with Crippen molar-refractivity contribution < 1.29 is 13.3 Å². The van der Waals surface area contributed by atoms with E-state index in [-0.39, 0.29) is 16.3 Å². The Bertz CT molecular complexity index is 1080. The Hall–Kier alpha value is -3.20. The maximum atomic E-state index is 12.5. The number of nitrogens with zero attached hydrogens (tertiary/aromatic N) is 2. The number of hydrogen-bond acceptors (Lipinski definition) is 6. The molecule has 2 aromatic rings. The number of nitro benzene ring substituents is 1. The normalized spacial score (nSPS) is 21.8. The highest BCUT2D eigenvalue weighted by atomic mass is 32.2. The molecule has 9 heteroatoms. The summed E-state index contributed by atoms with van der Waals surface area (Å²) in [6, 6.07) is 12.1. The minimum atomic E-state index is -3.95. The monoisotopic (exact) mass is 398 g/mol. The average molecular weight is 398 g/mol. The van der Waals surface area contributed by atoms with Crippen molar-refractivity contribution in [2.45, 2.75) is 17.7 Å². The highest BCUT2D eigenvalue weighted by molar-refractivity contribution is 7.92. The van der Waals surface area contributed by atoms with Crippen molar-refractivity contribution in [1.29, 1.82) is 0 Å². The lowest BCUT2D eigenvalue weighted by molar-refractivity contribution is -0.384. The van der Waals surface area contributed by atoms with Crippen LogP contribution < -0.4 is 10.1 Å². The molecule has 0 radical (unpaired) electrons. The third kappa shape index (κ3) is 3.48. The summed E-state index contributed by atoms with van der Waals surface area (Å²) in [7, 11) is -3.95. The molecule has 8 nitrogen and oxygen atoms in total. The van der Waals surface area contributed by atoms with Gasteiger partial charge in [-0.1, -0.05) is 30.4 Å². The summed E-state index contributed by atoms with van der Waals surface area (Å²) >= 11 is 0. The van der Waals surface area contributed by atoms with E-state index in [1.807, 2.05) is 0 Å². The molecule has 2 aliphatic carbocycles. The Morgan fingerprint density at radius 1 is 1.14 bits per heavy atom. The van der Waals surface area contributed by atoms with Crippen LogP contribution in [0.3, 0.4) is 0 Å². The van der Waals surface area contributed by atoms with Crippen molar-refractivity contribution in [2.75, 3.05) is 10.1 Å². The van der Waals surface area contributed by atoms with Crippen LogP contribution in [0.5, 0.6) is 0 Å². The van der Waals surface area contributed by atoms with Crippen LogP contribution in [0.25, 0.3) is 0 Å². The van der Waals surface area contributed by atoms with E-state index in [0.29, 0.717) is 17.5 Å². The van der Waals surface area contributed by atoms with Gasteiger partial charge >= 0.3 is 0 Å². The third-order valence-electron chi connectivity index (χ3n) is 4.97. The van der Waals surface area contributed by atoms with Gasteiger partial charge in [0.15, 0.2) is 0 Å². The molecule has 0 aliphatic heterocycles. The second kappa shape index (κ2) is 7.08. The Morgan fingerprint density at radius 3 is 2.64 bits per heavy atom. The van der Waals surface area contributed by atoms with E-state index in [2.05, 4.69) is 27.4 Å². The average Bonchev–Trinajstić information content (AvgIpc) is 3.03. The predicted octanol–water partition coefficient (Wildman–Crippen LogP) is 3.76. The Kier molecular flexibility index (Phi) is 4.60.